The summed E-state index contributed by atoms with van der Waals surface area (Å²) in [6.45, 7) is 0. The Balaban J connectivity index is 0.750. The van der Waals surface area contributed by atoms with Gasteiger partial charge >= 0.3 is 0 Å². The Morgan fingerprint density at radius 3 is 1.17 bits per heavy atom. The molecule has 0 bridgehead atoms. The van der Waals surface area contributed by atoms with E-state index in [1.165, 1.54) is 113 Å². The third-order valence-electron chi connectivity index (χ3n) is 22.6. The molecule has 1 heterocycles. The minimum Gasteiger partial charge on any atom is -0.309 e. The number of para-hydroxylation sites is 3. The smallest absolute Gasteiger partial charge is 0.0540 e. The topological polar surface area (TPSA) is 6.48 Å². The number of anilines is 6. The van der Waals surface area contributed by atoms with Crippen LogP contribution in [0.15, 0.2) is 425 Å². The molecule has 1 aromatic heterocycles. The molecule has 518 valence electrons. The maximum atomic E-state index is 2.52. The highest BCUT2D eigenvalue weighted by molar-refractivity contribution is 7.26. The van der Waals surface area contributed by atoms with Gasteiger partial charge in [-0.1, -0.05) is 340 Å². The van der Waals surface area contributed by atoms with Gasteiger partial charge in [0.05, 0.1) is 22.7 Å². The molecule has 111 heavy (non-hydrogen) atoms. The van der Waals surface area contributed by atoms with Crippen molar-refractivity contribution in [1.29, 1.82) is 0 Å². The number of rotatable bonds is 14. The molecule has 0 aliphatic carbocycles. The highest BCUT2D eigenvalue weighted by atomic mass is 32.1. The van der Waals surface area contributed by atoms with E-state index in [1.54, 1.807) is 0 Å². The predicted octanol–water partition coefficient (Wildman–Crippen LogP) is 31.2. The summed E-state index contributed by atoms with van der Waals surface area (Å²) in [4.78, 5) is 5.02. The fourth-order valence-corrected chi connectivity index (χ4v) is 18.7. The molecular formula is C108H70N2S. The molecule has 21 aromatic rings. The molecule has 0 spiro atoms. The van der Waals surface area contributed by atoms with Crippen molar-refractivity contribution in [3.8, 4) is 89.0 Å². The van der Waals surface area contributed by atoms with Crippen molar-refractivity contribution in [3.63, 3.8) is 0 Å². The van der Waals surface area contributed by atoms with Crippen molar-refractivity contribution < 1.29 is 0 Å². The largest absolute Gasteiger partial charge is 0.309 e. The van der Waals surface area contributed by atoms with Gasteiger partial charge in [0.1, 0.15) is 0 Å². The SMILES string of the molecule is c1ccc(-c2ccccc2-c2ccc(N(c3ccc(-c4cccc5cc(-c6ccccc6N(c6ccc(-c7cccc8c7sc7ccccc78)cc6)c6ccccc6-c6ccc7ccccc7c6)c6ccccc6c45)cc3-c3ccc4ccccc4c3)c3ccccc3-c3cc4ccccc4c4ccccc34)cc2)cc1. The molecule has 0 saturated carbocycles. The van der Waals surface area contributed by atoms with Crippen molar-refractivity contribution in [1.82, 2.24) is 0 Å². The zero-order chi connectivity index (χ0) is 73.3. The van der Waals surface area contributed by atoms with Crippen molar-refractivity contribution in [2.75, 3.05) is 9.80 Å². The van der Waals surface area contributed by atoms with E-state index in [-0.39, 0.29) is 0 Å². The lowest BCUT2D eigenvalue weighted by atomic mass is 9.87. The Morgan fingerprint density at radius 2 is 0.541 bits per heavy atom. The van der Waals surface area contributed by atoms with Gasteiger partial charge in [0.2, 0.25) is 0 Å². The van der Waals surface area contributed by atoms with Gasteiger partial charge in [-0.3, -0.25) is 0 Å². The van der Waals surface area contributed by atoms with Crippen molar-refractivity contribution in [3.05, 3.63) is 425 Å². The zero-order valence-corrected chi connectivity index (χ0v) is 61.5. The average molecular weight is 1430 g/mol. The molecule has 0 aliphatic heterocycles. The molecule has 0 radical (unpaired) electrons. The first-order valence-electron chi connectivity index (χ1n) is 38.2. The number of nitrogens with zero attached hydrogens (tertiary/aromatic N) is 2. The van der Waals surface area contributed by atoms with Crippen molar-refractivity contribution >= 4 is 130 Å². The predicted molar refractivity (Wildman–Crippen MR) is 477 cm³/mol. The van der Waals surface area contributed by atoms with Gasteiger partial charge in [0.25, 0.3) is 0 Å². The molecule has 0 unspecified atom stereocenters. The van der Waals surface area contributed by atoms with Crippen molar-refractivity contribution in [2.24, 2.45) is 0 Å². The van der Waals surface area contributed by atoms with Crippen LogP contribution in [0.2, 0.25) is 0 Å². The molecule has 0 fully saturated rings. The second-order valence-corrected chi connectivity index (χ2v) is 30.0. The van der Waals surface area contributed by atoms with Gasteiger partial charge < -0.3 is 9.80 Å². The molecule has 21 rings (SSSR count). The molecule has 0 aliphatic rings. The fraction of sp³-hybridized carbons (Fsp3) is 0. The minimum absolute atomic E-state index is 1.04. The number of fused-ring (bicyclic) bond motifs is 11. The Hall–Kier alpha value is -14.2. The zero-order valence-electron chi connectivity index (χ0n) is 60.7. The Kier molecular flexibility index (Phi) is 16.1. The number of benzene rings is 20. The van der Waals surface area contributed by atoms with Gasteiger partial charge in [-0.05, 0) is 216 Å². The fourth-order valence-electron chi connectivity index (χ4n) is 17.4. The lowest BCUT2D eigenvalue weighted by Gasteiger charge is -2.31. The summed E-state index contributed by atoms with van der Waals surface area (Å²) in [7, 11) is 0. The Labute approximate surface area is 649 Å². The van der Waals surface area contributed by atoms with Crippen LogP contribution in [0.25, 0.3) is 174 Å². The van der Waals surface area contributed by atoms with E-state index in [0.717, 1.165) is 95.1 Å². The molecule has 0 N–H and O–H groups in total. The van der Waals surface area contributed by atoms with Crippen LogP contribution in [0.1, 0.15) is 0 Å². The molecule has 0 atom stereocenters. The summed E-state index contributed by atoms with van der Waals surface area (Å²) < 4.78 is 2.61. The van der Waals surface area contributed by atoms with Gasteiger partial charge in [-0.2, -0.15) is 0 Å². The minimum atomic E-state index is 1.04. The Bertz CT molecular complexity index is 7210. The quantitative estimate of drug-likeness (QED) is 0.100. The molecule has 0 saturated heterocycles. The van der Waals surface area contributed by atoms with Gasteiger partial charge in [0.15, 0.2) is 0 Å². The maximum absolute atomic E-state index is 2.52. The summed E-state index contributed by atoms with van der Waals surface area (Å²) in [6.07, 6.45) is 0. The Morgan fingerprint density at radius 1 is 0.162 bits per heavy atom. The molecule has 20 aromatic carbocycles. The lowest BCUT2D eigenvalue weighted by Crippen LogP contribution is -2.12. The summed E-state index contributed by atoms with van der Waals surface area (Å²) in [5.41, 5.74) is 24.9. The summed E-state index contributed by atoms with van der Waals surface area (Å²) in [6, 6.07) is 158. The molecule has 3 heteroatoms. The van der Waals surface area contributed by atoms with E-state index in [0.29, 0.717) is 0 Å². The van der Waals surface area contributed by atoms with E-state index in [4.69, 9.17) is 0 Å². The number of hydrogen-bond donors (Lipinski definition) is 0. The van der Waals surface area contributed by atoms with Crippen LogP contribution < -0.4 is 9.80 Å². The normalized spacial score (nSPS) is 11.6. The number of hydrogen-bond acceptors (Lipinski definition) is 3. The summed E-state index contributed by atoms with van der Waals surface area (Å²) >= 11 is 1.87. The molecule has 2 nitrogen and oxygen atoms in total. The molecular weight excluding hydrogens is 1360 g/mol. The van der Waals surface area contributed by atoms with E-state index < -0.39 is 0 Å². The second kappa shape index (κ2) is 27.5. The first-order chi connectivity index (χ1) is 55.1. The summed E-state index contributed by atoms with van der Waals surface area (Å²) in [5, 5.41) is 17.0. The van der Waals surface area contributed by atoms with E-state index in [9.17, 15) is 0 Å². The second-order valence-electron chi connectivity index (χ2n) is 28.9. The lowest BCUT2D eigenvalue weighted by molar-refractivity contribution is 1.28. The average Bonchev–Trinajstić information content (AvgIpc) is 1.31. The highest BCUT2D eigenvalue weighted by Gasteiger charge is 2.27. The van der Waals surface area contributed by atoms with Crippen LogP contribution in [0.5, 0.6) is 0 Å². The number of thiophene rings is 1. The first kappa shape index (κ1) is 65.1. The van der Waals surface area contributed by atoms with E-state index >= 15 is 0 Å². The monoisotopic (exact) mass is 1430 g/mol. The third-order valence-corrected chi connectivity index (χ3v) is 23.8. The van der Waals surface area contributed by atoms with Crippen LogP contribution in [0.4, 0.5) is 34.1 Å². The van der Waals surface area contributed by atoms with Crippen LogP contribution in [0, 0.1) is 0 Å². The van der Waals surface area contributed by atoms with Gasteiger partial charge in [-0.15, -0.1) is 11.3 Å². The maximum Gasteiger partial charge on any atom is 0.0540 e. The third kappa shape index (κ3) is 11.5. The van der Waals surface area contributed by atoms with Crippen LogP contribution in [-0.4, -0.2) is 0 Å². The summed E-state index contributed by atoms with van der Waals surface area (Å²) in [5.74, 6) is 0. The van der Waals surface area contributed by atoms with Crippen LogP contribution in [-0.2, 0) is 0 Å². The van der Waals surface area contributed by atoms with Crippen LogP contribution >= 0.6 is 11.3 Å². The standard InChI is InChI=1S/C108H70N2S/c1-2-28-73(29-3-1)85-34-10-11-35-86(85)74-56-61-84(62-57-74)110(104-50-22-17-41-94(104)100-69-78-32-8-9-36-87(78)91-38-12-13-39-92(91)100)105-65-60-81(68-99(105)80-55-53-72-27-5-7-31-77(72)67-80)89-45-24-33-82-70-101(93-40-14-15-44-97(93)107(82)89)95-42-18-21-49-103(95)109(102-48-20-16-37-88(102)79-54-52-71-26-4-6-30-76(71)66-79)83-63-58-75(59-64-83)90-46-25-47-98-96-43-19-23-51-106(96)111-108(90)98/h1-70H. The van der Waals surface area contributed by atoms with Gasteiger partial charge in [0, 0.05) is 53.8 Å². The molecule has 0 amide bonds. The first-order valence-corrected chi connectivity index (χ1v) is 39.0. The van der Waals surface area contributed by atoms with E-state index in [1.807, 2.05) is 11.3 Å². The van der Waals surface area contributed by atoms with Crippen LogP contribution in [0.3, 0.4) is 0 Å². The van der Waals surface area contributed by atoms with Gasteiger partial charge in [-0.25, -0.2) is 0 Å². The van der Waals surface area contributed by atoms with E-state index in [2.05, 4.69) is 434 Å². The van der Waals surface area contributed by atoms with Crippen molar-refractivity contribution in [2.45, 2.75) is 0 Å². The highest BCUT2D eigenvalue weighted by Crippen LogP contribution is 2.53.